The number of nitrogens with two attached hydrogens (primary N) is 1. The first-order valence-electron chi connectivity index (χ1n) is 9.52. The highest BCUT2D eigenvalue weighted by atomic mass is 16.4. The largest absolute Gasteiger partial charge is 0.451 e. The maximum atomic E-state index is 12.7. The van der Waals surface area contributed by atoms with Crippen LogP contribution in [0, 0.1) is 5.92 Å². The zero-order valence-corrected chi connectivity index (χ0v) is 16.3. The van der Waals surface area contributed by atoms with Crippen LogP contribution in [0.25, 0.3) is 11.3 Å². The molecule has 1 aliphatic rings. The van der Waals surface area contributed by atoms with Crippen LogP contribution in [0.3, 0.4) is 0 Å². The molecule has 2 N–H and O–H groups in total. The van der Waals surface area contributed by atoms with Gasteiger partial charge in [0.1, 0.15) is 5.76 Å². The Kier molecular flexibility index (Phi) is 5.40. The number of carbonyl (C=O) groups is 2. The van der Waals surface area contributed by atoms with Crippen molar-refractivity contribution in [2.75, 3.05) is 13.1 Å². The molecule has 0 aliphatic carbocycles. The van der Waals surface area contributed by atoms with Gasteiger partial charge in [0.05, 0.1) is 0 Å². The van der Waals surface area contributed by atoms with Crippen molar-refractivity contribution in [3.63, 3.8) is 0 Å². The van der Waals surface area contributed by atoms with Crippen molar-refractivity contribution < 1.29 is 14.0 Å². The molecule has 5 nitrogen and oxygen atoms in total. The van der Waals surface area contributed by atoms with E-state index < -0.39 is 0 Å². The predicted octanol–water partition coefficient (Wildman–Crippen LogP) is 3.97. The van der Waals surface area contributed by atoms with Gasteiger partial charge in [-0.25, -0.2) is 0 Å². The molecule has 0 saturated carbocycles. The highest BCUT2D eigenvalue weighted by Gasteiger charge is 2.26. The Morgan fingerprint density at radius 2 is 1.70 bits per heavy atom. The number of furan rings is 1. The van der Waals surface area contributed by atoms with Crippen molar-refractivity contribution in [1.82, 2.24) is 4.90 Å². The molecule has 5 heteroatoms. The van der Waals surface area contributed by atoms with E-state index >= 15 is 0 Å². The van der Waals surface area contributed by atoms with Gasteiger partial charge in [0.15, 0.2) is 5.76 Å². The molecule has 2 amide bonds. The van der Waals surface area contributed by atoms with Gasteiger partial charge in [0, 0.05) is 25.1 Å². The van der Waals surface area contributed by atoms with Crippen LogP contribution >= 0.6 is 0 Å². The Morgan fingerprint density at radius 1 is 1.07 bits per heavy atom. The number of carbonyl (C=O) groups excluding carboxylic acids is 2. The summed E-state index contributed by atoms with van der Waals surface area (Å²) in [5.41, 5.74) is 7.58. The van der Waals surface area contributed by atoms with Crippen molar-refractivity contribution in [2.45, 2.75) is 45.4 Å². The molecule has 2 heterocycles. The summed E-state index contributed by atoms with van der Waals surface area (Å²) in [5, 5.41) is 0. The lowest BCUT2D eigenvalue weighted by Crippen LogP contribution is -2.39. The Morgan fingerprint density at radius 3 is 2.26 bits per heavy atom. The standard InChI is InChI=1S/C22H28N2O3/c1-22(2,3)17-6-4-16(5-7-17)18-8-9-19(27-18)21(26)24-12-10-15(11-13-24)14-20(23)25/h4-9,15H,10-14H2,1-3H3,(H2,23,25). The van der Waals surface area contributed by atoms with Crippen LogP contribution in [-0.2, 0) is 10.2 Å². The smallest absolute Gasteiger partial charge is 0.289 e. The van der Waals surface area contributed by atoms with Gasteiger partial charge in [-0.3, -0.25) is 9.59 Å². The van der Waals surface area contributed by atoms with E-state index in [4.69, 9.17) is 10.2 Å². The first kappa shape index (κ1) is 19.2. The fraction of sp³-hybridized carbons (Fsp3) is 0.455. The summed E-state index contributed by atoms with van der Waals surface area (Å²) >= 11 is 0. The Labute approximate surface area is 160 Å². The number of hydrogen-bond acceptors (Lipinski definition) is 3. The quantitative estimate of drug-likeness (QED) is 0.887. The Hall–Kier alpha value is -2.56. The average molecular weight is 368 g/mol. The summed E-state index contributed by atoms with van der Waals surface area (Å²) in [6.07, 6.45) is 2.00. The Bertz CT molecular complexity index is 807. The van der Waals surface area contributed by atoms with E-state index in [1.165, 1.54) is 5.56 Å². The first-order valence-corrected chi connectivity index (χ1v) is 9.52. The highest BCUT2D eigenvalue weighted by molar-refractivity contribution is 5.92. The fourth-order valence-electron chi connectivity index (χ4n) is 3.52. The third-order valence-electron chi connectivity index (χ3n) is 5.24. The summed E-state index contributed by atoms with van der Waals surface area (Å²) in [5.74, 6) is 0.971. The van der Waals surface area contributed by atoms with Gasteiger partial charge in [-0.15, -0.1) is 0 Å². The van der Waals surface area contributed by atoms with Gasteiger partial charge in [-0.05, 0) is 41.9 Å². The summed E-state index contributed by atoms with van der Waals surface area (Å²) in [6, 6.07) is 11.8. The lowest BCUT2D eigenvalue weighted by Gasteiger charge is -2.30. The van der Waals surface area contributed by atoms with E-state index in [0.29, 0.717) is 31.0 Å². The summed E-state index contributed by atoms with van der Waals surface area (Å²) in [4.78, 5) is 25.5. The number of amides is 2. The van der Waals surface area contributed by atoms with E-state index in [-0.39, 0.29) is 23.1 Å². The number of nitrogens with zero attached hydrogens (tertiary/aromatic N) is 1. The van der Waals surface area contributed by atoms with Gasteiger partial charge in [-0.2, -0.15) is 0 Å². The molecule has 0 unspecified atom stereocenters. The molecule has 1 aliphatic heterocycles. The zero-order chi connectivity index (χ0) is 19.6. The number of hydrogen-bond donors (Lipinski definition) is 1. The molecule has 0 bridgehead atoms. The topological polar surface area (TPSA) is 76.5 Å². The molecular weight excluding hydrogens is 340 g/mol. The molecule has 1 aromatic heterocycles. The lowest BCUT2D eigenvalue weighted by molar-refractivity contribution is -0.119. The molecule has 0 spiro atoms. The maximum Gasteiger partial charge on any atom is 0.289 e. The van der Waals surface area contributed by atoms with Gasteiger partial charge < -0.3 is 15.1 Å². The van der Waals surface area contributed by atoms with E-state index in [0.717, 1.165) is 18.4 Å². The second-order valence-electron chi connectivity index (χ2n) is 8.40. The summed E-state index contributed by atoms with van der Waals surface area (Å²) < 4.78 is 5.84. The molecule has 3 rings (SSSR count). The van der Waals surface area contributed by atoms with Crippen LogP contribution in [-0.4, -0.2) is 29.8 Å². The minimum atomic E-state index is -0.270. The van der Waals surface area contributed by atoms with E-state index in [1.807, 2.05) is 18.2 Å². The molecule has 0 atom stereocenters. The number of primary amides is 1. The summed E-state index contributed by atoms with van der Waals surface area (Å²) in [7, 11) is 0. The predicted molar refractivity (Wildman–Crippen MR) is 105 cm³/mol. The number of piperidine rings is 1. The van der Waals surface area contributed by atoms with Crippen molar-refractivity contribution in [3.8, 4) is 11.3 Å². The lowest BCUT2D eigenvalue weighted by atomic mass is 9.86. The molecule has 144 valence electrons. The number of benzene rings is 1. The van der Waals surface area contributed by atoms with E-state index in [9.17, 15) is 9.59 Å². The molecular formula is C22H28N2O3. The SMILES string of the molecule is CC(C)(C)c1ccc(-c2ccc(C(=O)N3CCC(CC(N)=O)CC3)o2)cc1. The van der Waals surface area contributed by atoms with Crippen molar-refractivity contribution >= 4 is 11.8 Å². The minimum absolute atomic E-state index is 0.0925. The van der Waals surface area contributed by atoms with Crippen LogP contribution in [0.15, 0.2) is 40.8 Å². The van der Waals surface area contributed by atoms with Crippen LogP contribution in [0.1, 0.15) is 56.2 Å². The number of rotatable bonds is 4. The molecule has 2 aromatic rings. The van der Waals surface area contributed by atoms with Gasteiger partial charge >= 0.3 is 0 Å². The van der Waals surface area contributed by atoms with Crippen LogP contribution in [0.5, 0.6) is 0 Å². The van der Waals surface area contributed by atoms with E-state index in [2.05, 4.69) is 32.9 Å². The first-order chi connectivity index (χ1) is 12.7. The Balaban J connectivity index is 1.65. The van der Waals surface area contributed by atoms with E-state index in [1.54, 1.807) is 11.0 Å². The number of likely N-dealkylation sites (tertiary alicyclic amines) is 1. The van der Waals surface area contributed by atoms with Crippen LogP contribution in [0.4, 0.5) is 0 Å². The molecule has 1 fully saturated rings. The van der Waals surface area contributed by atoms with Crippen molar-refractivity contribution in [3.05, 3.63) is 47.7 Å². The monoisotopic (exact) mass is 368 g/mol. The van der Waals surface area contributed by atoms with Gasteiger partial charge in [0.2, 0.25) is 5.91 Å². The van der Waals surface area contributed by atoms with Crippen LogP contribution in [0.2, 0.25) is 0 Å². The maximum absolute atomic E-state index is 12.7. The minimum Gasteiger partial charge on any atom is -0.451 e. The zero-order valence-electron chi connectivity index (χ0n) is 16.3. The molecule has 27 heavy (non-hydrogen) atoms. The molecule has 1 saturated heterocycles. The molecule has 0 radical (unpaired) electrons. The van der Waals surface area contributed by atoms with Crippen molar-refractivity contribution in [1.29, 1.82) is 0 Å². The third kappa shape index (κ3) is 4.59. The average Bonchev–Trinajstić information content (AvgIpc) is 3.11. The normalized spacial score (nSPS) is 15.7. The summed E-state index contributed by atoms with van der Waals surface area (Å²) in [6.45, 7) is 7.80. The van der Waals surface area contributed by atoms with Gasteiger partial charge in [0.25, 0.3) is 5.91 Å². The fourth-order valence-corrected chi connectivity index (χ4v) is 3.52. The second kappa shape index (κ2) is 7.59. The van der Waals surface area contributed by atoms with Crippen LogP contribution < -0.4 is 5.73 Å². The molecule has 1 aromatic carbocycles. The highest BCUT2D eigenvalue weighted by Crippen LogP contribution is 2.28. The second-order valence-corrected chi connectivity index (χ2v) is 8.40. The van der Waals surface area contributed by atoms with Crippen molar-refractivity contribution in [2.24, 2.45) is 11.7 Å². The third-order valence-corrected chi connectivity index (χ3v) is 5.24. The van der Waals surface area contributed by atoms with Gasteiger partial charge in [-0.1, -0.05) is 45.0 Å².